The number of hydrogen-bond donors (Lipinski definition) is 2. The largest absolute Gasteiger partial charge is 0.497 e. The Hall–Kier alpha value is -2.87. The van der Waals surface area contributed by atoms with Crippen molar-refractivity contribution in [2.24, 2.45) is 0 Å². The summed E-state index contributed by atoms with van der Waals surface area (Å²) in [6.45, 7) is 1.59. The van der Waals surface area contributed by atoms with Gasteiger partial charge in [0.05, 0.1) is 25.5 Å². The zero-order valence-corrected chi connectivity index (χ0v) is 14.9. The third kappa shape index (κ3) is 5.32. The van der Waals surface area contributed by atoms with Gasteiger partial charge in [0.2, 0.25) is 5.95 Å². The average molecular weight is 345 g/mol. The first kappa shape index (κ1) is 18.5. The van der Waals surface area contributed by atoms with Crippen LogP contribution in [0.5, 0.6) is 11.5 Å². The predicted octanol–water partition coefficient (Wildman–Crippen LogP) is 1.72. The van der Waals surface area contributed by atoms with E-state index in [9.17, 15) is 4.79 Å². The van der Waals surface area contributed by atoms with Gasteiger partial charge in [0, 0.05) is 31.5 Å². The van der Waals surface area contributed by atoms with Gasteiger partial charge in [-0.3, -0.25) is 4.79 Å². The minimum absolute atomic E-state index is 0.316. The molecule has 0 aliphatic rings. The van der Waals surface area contributed by atoms with Gasteiger partial charge in [-0.15, -0.1) is 0 Å². The molecular weight excluding hydrogens is 322 g/mol. The van der Waals surface area contributed by atoms with Crippen molar-refractivity contribution in [2.75, 3.05) is 52.0 Å². The molecule has 1 aromatic carbocycles. The van der Waals surface area contributed by atoms with E-state index in [-0.39, 0.29) is 5.91 Å². The second kappa shape index (κ2) is 8.84. The molecule has 0 aliphatic carbocycles. The first-order valence-corrected chi connectivity index (χ1v) is 7.77. The van der Waals surface area contributed by atoms with E-state index < -0.39 is 0 Å². The van der Waals surface area contributed by atoms with Crippen molar-refractivity contribution < 1.29 is 14.3 Å². The lowest BCUT2D eigenvalue weighted by atomic mass is 10.2. The minimum atomic E-state index is -0.316. The van der Waals surface area contributed by atoms with Crippen LogP contribution in [0.15, 0.2) is 30.6 Å². The Morgan fingerprint density at radius 2 is 1.88 bits per heavy atom. The highest BCUT2D eigenvalue weighted by molar-refractivity contribution is 6.04. The third-order valence-corrected chi connectivity index (χ3v) is 3.41. The van der Waals surface area contributed by atoms with Crippen molar-refractivity contribution in [1.29, 1.82) is 0 Å². The third-order valence-electron chi connectivity index (χ3n) is 3.41. The van der Waals surface area contributed by atoms with E-state index in [2.05, 4.69) is 25.5 Å². The van der Waals surface area contributed by atoms with E-state index in [0.717, 1.165) is 13.1 Å². The molecule has 25 heavy (non-hydrogen) atoms. The highest BCUT2D eigenvalue weighted by atomic mass is 16.5. The predicted molar refractivity (Wildman–Crippen MR) is 96.6 cm³/mol. The first-order valence-electron chi connectivity index (χ1n) is 7.77. The zero-order chi connectivity index (χ0) is 18.2. The summed E-state index contributed by atoms with van der Waals surface area (Å²) in [5.41, 5.74) is 0.900. The Balaban J connectivity index is 2.01. The summed E-state index contributed by atoms with van der Waals surface area (Å²) in [6.07, 6.45) is 2.96. The number of anilines is 2. The summed E-state index contributed by atoms with van der Waals surface area (Å²) in [5.74, 6) is 1.32. The lowest BCUT2D eigenvalue weighted by Gasteiger charge is -2.12. The average Bonchev–Trinajstić information content (AvgIpc) is 2.62. The fourth-order valence-electron chi connectivity index (χ4n) is 2.02. The summed E-state index contributed by atoms with van der Waals surface area (Å²) in [4.78, 5) is 22.7. The van der Waals surface area contributed by atoms with Crippen LogP contribution >= 0.6 is 0 Å². The second-order valence-electron chi connectivity index (χ2n) is 5.55. The van der Waals surface area contributed by atoms with Gasteiger partial charge in [0.25, 0.3) is 5.91 Å². The summed E-state index contributed by atoms with van der Waals surface area (Å²) >= 11 is 0. The summed E-state index contributed by atoms with van der Waals surface area (Å²) in [6, 6.07) is 5.16. The number of carbonyl (C=O) groups excluding carboxylic acids is 1. The number of hydrogen-bond acceptors (Lipinski definition) is 7. The molecule has 0 aliphatic heterocycles. The van der Waals surface area contributed by atoms with E-state index in [1.165, 1.54) is 19.5 Å². The molecule has 0 saturated carbocycles. The fourth-order valence-corrected chi connectivity index (χ4v) is 2.02. The Labute approximate surface area is 147 Å². The van der Waals surface area contributed by atoms with Gasteiger partial charge in [0.15, 0.2) is 0 Å². The van der Waals surface area contributed by atoms with Crippen LogP contribution < -0.4 is 20.1 Å². The minimum Gasteiger partial charge on any atom is -0.497 e. The van der Waals surface area contributed by atoms with Crippen LogP contribution in [0.25, 0.3) is 0 Å². The lowest BCUT2D eigenvalue weighted by molar-refractivity contribution is 0.102. The van der Waals surface area contributed by atoms with Crippen LogP contribution in [-0.2, 0) is 0 Å². The van der Waals surface area contributed by atoms with Crippen LogP contribution in [0, 0.1) is 0 Å². The van der Waals surface area contributed by atoms with Crippen LogP contribution in [0.3, 0.4) is 0 Å². The molecule has 1 heterocycles. The van der Waals surface area contributed by atoms with Crippen LogP contribution in [0.1, 0.15) is 10.4 Å². The Morgan fingerprint density at radius 1 is 1.16 bits per heavy atom. The van der Waals surface area contributed by atoms with E-state index in [4.69, 9.17) is 9.47 Å². The summed E-state index contributed by atoms with van der Waals surface area (Å²) < 4.78 is 10.4. The van der Waals surface area contributed by atoms with Gasteiger partial charge in [0.1, 0.15) is 11.5 Å². The van der Waals surface area contributed by atoms with E-state index >= 15 is 0 Å². The first-order chi connectivity index (χ1) is 12.0. The lowest BCUT2D eigenvalue weighted by Crippen LogP contribution is -2.21. The Kier molecular flexibility index (Phi) is 6.53. The fraction of sp³-hybridized carbons (Fsp3) is 0.353. The molecule has 0 unspecified atom stereocenters. The number of aromatic nitrogens is 2. The molecule has 2 N–H and O–H groups in total. The molecule has 0 fully saturated rings. The smallest absolute Gasteiger partial charge is 0.258 e. The maximum absolute atomic E-state index is 12.3. The van der Waals surface area contributed by atoms with Gasteiger partial charge < -0.3 is 25.0 Å². The number of amides is 1. The van der Waals surface area contributed by atoms with Crippen molar-refractivity contribution in [1.82, 2.24) is 14.9 Å². The van der Waals surface area contributed by atoms with E-state index in [1.54, 1.807) is 25.3 Å². The molecule has 0 atom stereocenters. The number of ether oxygens (including phenoxy) is 2. The molecule has 1 aromatic heterocycles. The zero-order valence-electron chi connectivity index (χ0n) is 14.9. The molecule has 0 radical (unpaired) electrons. The molecule has 1 amide bonds. The van der Waals surface area contributed by atoms with Crippen LogP contribution in [0.4, 0.5) is 11.6 Å². The van der Waals surface area contributed by atoms with E-state index in [0.29, 0.717) is 28.7 Å². The SMILES string of the molecule is COc1ccc(NC(=O)c2cnc(NCCN(C)C)nc2)c(OC)c1. The van der Waals surface area contributed by atoms with Crippen molar-refractivity contribution >= 4 is 17.5 Å². The van der Waals surface area contributed by atoms with Crippen LogP contribution in [0.2, 0.25) is 0 Å². The topological polar surface area (TPSA) is 88.6 Å². The molecule has 2 aromatic rings. The monoisotopic (exact) mass is 345 g/mol. The van der Waals surface area contributed by atoms with Crippen molar-refractivity contribution in [3.63, 3.8) is 0 Å². The number of nitrogens with one attached hydrogen (secondary N) is 2. The Bertz CT molecular complexity index is 704. The second-order valence-corrected chi connectivity index (χ2v) is 5.55. The normalized spacial score (nSPS) is 10.4. The van der Waals surface area contributed by atoms with Gasteiger partial charge >= 0.3 is 0 Å². The number of rotatable bonds is 8. The molecule has 0 spiro atoms. The number of carbonyl (C=O) groups is 1. The molecule has 2 rings (SSSR count). The maximum atomic E-state index is 12.3. The summed E-state index contributed by atoms with van der Waals surface area (Å²) in [5, 5.41) is 5.87. The maximum Gasteiger partial charge on any atom is 0.258 e. The van der Waals surface area contributed by atoms with Crippen molar-refractivity contribution in [3.05, 3.63) is 36.2 Å². The molecule has 134 valence electrons. The molecular formula is C17H23N5O3. The quantitative estimate of drug-likeness (QED) is 0.753. The highest BCUT2D eigenvalue weighted by Crippen LogP contribution is 2.29. The van der Waals surface area contributed by atoms with Gasteiger partial charge in [-0.05, 0) is 26.2 Å². The van der Waals surface area contributed by atoms with Crippen molar-refractivity contribution in [3.8, 4) is 11.5 Å². The summed E-state index contributed by atoms with van der Waals surface area (Å²) in [7, 11) is 7.08. The van der Waals surface area contributed by atoms with E-state index in [1.807, 2.05) is 14.1 Å². The molecule has 8 heteroatoms. The Morgan fingerprint density at radius 3 is 2.48 bits per heavy atom. The number of methoxy groups -OCH3 is 2. The molecule has 8 nitrogen and oxygen atoms in total. The van der Waals surface area contributed by atoms with Gasteiger partial charge in [-0.2, -0.15) is 0 Å². The number of benzene rings is 1. The van der Waals surface area contributed by atoms with Crippen molar-refractivity contribution in [2.45, 2.75) is 0 Å². The standard InChI is InChI=1S/C17H23N5O3/c1-22(2)8-7-18-17-19-10-12(11-20-17)16(23)21-14-6-5-13(24-3)9-15(14)25-4/h5-6,9-11H,7-8H2,1-4H3,(H,21,23)(H,18,19,20). The highest BCUT2D eigenvalue weighted by Gasteiger charge is 2.12. The van der Waals surface area contributed by atoms with Gasteiger partial charge in [-0.1, -0.05) is 0 Å². The number of nitrogens with zero attached hydrogens (tertiary/aromatic N) is 3. The van der Waals surface area contributed by atoms with Gasteiger partial charge in [-0.25, -0.2) is 9.97 Å². The molecule has 0 saturated heterocycles. The molecule has 0 bridgehead atoms. The number of likely N-dealkylation sites (N-methyl/N-ethyl adjacent to an activating group) is 1. The van der Waals surface area contributed by atoms with Crippen LogP contribution in [-0.4, -0.2) is 62.2 Å².